The summed E-state index contributed by atoms with van der Waals surface area (Å²) >= 11 is 0. The minimum atomic E-state index is 0.547. The van der Waals surface area contributed by atoms with E-state index in [1.165, 1.54) is 25.7 Å². The second-order valence-electron chi connectivity index (χ2n) is 4.05. The summed E-state index contributed by atoms with van der Waals surface area (Å²) in [4.78, 5) is 0. The zero-order valence-electron chi connectivity index (χ0n) is 6.72. The van der Waals surface area contributed by atoms with E-state index in [4.69, 9.17) is 5.73 Å². The van der Waals surface area contributed by atoms with Gasteiger partial charge in [-0.1, -0.05) is 19.8 Å². The van der Waals surface area contributed by atoms with E-state index in [-0.39, 0.29) is 0 Å². The van der Waals surface area contributed by atoms with Crippen LogP contribution in [0.3, 0.4) is 0 Å². The van der Waals surface area contributed by atoms with Crippen molar-refractivity contribution in [3.8, 4) is 0 Å². The van der Waals surface area contributed by atoms with Crippen molar-refractivity contribution in [2.45, 2.75) is 38.6 Å². The molecule has 1 nitrogen and oxygen atoms in total. The molecule has 4 atom stereocenters. The average molecular weight is 139 g/mol. The molecule has 2 aliphatic rings. The SMILES string of the molecule is CC1C(N)C2CCCCC12. The fraction of sp³-hybridized carbons (Fsp3) is 1.00. The molecule has 0 radical (unpaired) electrons. The third-order valence-corrected chi connectivity index (χ3v) is 3.65. The Morgan fingerprint density at radius 3 is 2.30 bits per heavy atom. The minimum absolute atomic E-state index is 0.547. The van der Waals surface area contributed by atoms with Gasteiger partial charge in [-0.2, -0.15) is 0 Å². The predicted molar refractivity (Wildman–Crippen MR) is 42.6 cm³/mol. The second-order valence-corrected chi connectivity index (χ2v) is 4.05. The Labute approximate surface area is 63.0 Å². The molecule has 0 saturated heterocycles. The lowest BCUT2D eigenvalue weighted by Crippen LogP contribution is -2.56. The third-order valence-electron chi connectivity index (χ3n) is 3.65. The first-order chi connectivity index (χ1) is 4.80. The highest BCUT2D eigenvalue weighted by Gasteiger charge is 2.45. The Kier molecular flexibility index (Phi) is 1.48. The molecule has 0 bridgehead atoms. The summed E-state index contributed by atoms with van der Waals surface area (Å²) in [5, 5.41) is 0. The van der Waals surface area contributed by atoms with Gasteiger partial charge in [-0.15, -0.1) is 0 Å². The van der Waals surface area contributed by atoms with Gasteiger partial charge in [0.05, 0.1) is 0 Å². The fourth-order valence-corrected chi connectivity index (χ4v) is 2.85. The van der Waals surface area contributed by atoms with Crippen LogP contribution in [-0.2, 0) is 0 Å². The van der Waals surface area contributed by atoms with Crippen LogP contribution in [0.2, 0.25) is 0 Å². The molecule has 0 aromatic carbocycles. The van der Waals surface area contributed by atoms with Gasteiger partial charge in [0.1, 0.15) is 0 Å². The molecule has 2 aliphatic carbocycles. The van der Waals surface area contributed by atoms with E-state index in [0.717, 1.165) is 17.8 Å². The molecule has 0 aromatic rings. The summed E-state index contributed by atoms with van der Waals surface area (Å²) in [6.07, 6.45) is 5.76. The van der Waals surface area contributed by atoms with Crippen molar-refractivity contribution < 1.29 is 0 Å². The van der Waals surface area contributed by atoms with Gasteiger partial charge in [-0.25, -0.2) is 0 Å². The third kappa shape index (κ3) is 0.731. The monoisotopic (exact) mass is 139 g/mol. The largest absolute Gasteiger partial charge is 0.327 e. The molecule has 0 spiro atoms. The summed E-state index contributed by atoms with van der Waals surface area (Å²) in [6.45, 7) is 2.32. The molecular formula is C9H17N. The summed E-state index contributed by atoms with van der Waals surface area (Å²) in [6, 6.07) is 0.547. The predicted octanol–water partition coefficient (Wildman–Crippen LogP) is 1.77. The number of rotatable bonds is 0. The van der Waals surface area contributed by atoms with E-state index in [0.29, 0.717) is 6.04 Å². The van der Waals surface area contributed by atoms with Crippen LogP contribution >= 0.6 is 0 Å². The summed E-state index contributed by atoms with van der Waals surface area (Å²) in [5.41, 5.74) is 5.98. The van der Waals surface area contributed by atoms with Crippen LogP contribution < -0.4 is 5.73 Å². The molecule has 58 valence electrons. The summed E-state index contributed by atoms with van der Waals surface area (Å²) in [7, 11) is 0. The quantitative estimate of drug-likeness (QED) is 0.544. The molecule has 10 heavy (non-hydrogen) atoms. The molecule has 4 unspecified atom stereocenters. The van der Waals surface area contributed by atoms with Gasteiger partial charge in [0.25, 0.3) is 0 Å². The van der Waals surface area contributed by atoms with Crippen LogP contribution in [-0.4, -0.2) is 6.04 Å². The number of hydrogen-bond acceptors (Lipinski definition) is 1. The van der Waals surface area contributed by atoms with Gasteiger partial charge in [-0.3, -0.25) is 0 Å². The van der Waals surface area contributed by atoms with E-state index < -0.39 is 0 Å². The van der Waals surface area contributed by atoms with Gasteiger partial charge in [0.15, 0.2) is 0 Å². The lowest BCUT2D eigenvalue weighted by atomic mass is 9.56. The highest BCUT2D eigenvalue weighted by molar-refractivity contribution is 4.99. The van der Waals surface area contributed by atoms with Gasteiger partial charge in [0, 0.05) is 6.04 Å². The van der Waals surface area contributed by atoms with E-state index in [9.17, 15) is 0 Å². The van der Waals surface area contributed by atoms with Crippen molar-refractivity contribution in [2.24, 2.45) is 23.5 Å². The standard InChI is InChI=1S/C9H17N/c1-6-7-4-2-3-5-8(7)9(6)10/h6-9H,2-5,10H2,1H3. The van der Waals surface area contributed by atoms with E-state index in [1.807, 2.05) is 0 Å². The van der Waals surface area contributed by atoms with Crippen molar-refractivity contribution in [3.63, 3.8) is 0 Å². The first kappa shape index (κ1) is 6.66. The molecular weight excluding hydrogens is 122 g/mol. The molecule has 2 saturated carbocycles. The Morgan fingerprint density at radius 2 is 1.70 bits per heavy atom. The zero-order chi connectivity index (χ0) is 7.14. The zero-order valence-corrected chi connectivity index (χ0v) is 6.72. The van der Waals surface area contributed by atoms with Gasteiger partial charge in [-0.05, 0) is 30.6 Å². The van der Waals surface area contributed by atoms with Crippen LogP contribution in [0.25, 0.3) is 0 Å². The fourth-order valence-electron chi connectivity index (χ4n) is 2.85. The van der Waals surface area contributed by atoms with Crippen LogP contribution in [0, 0.1) is 17.8 Å². The molecule has 1 heteroatoms. The average Bonchev–Trinajstić information content (AvgIpc) is 2.03. The first-order valence-electron chi connectivity index (χ1n) is 4.56. The lowest BCUT2D eigenvalue weighted by molar-refractivity contribution is 0.0115. The highest BCUT2D eigenvalue weighted by Crippen LogP contribution is 2.47. The lowest BCUT2D eigenvalue weighted by Gasteiger charge is -2.52. The maximum Gasteiger partial charge on any atom is 0.00985 e. The molecule has 2 fully saturated rings. The Hall–Kier alpha value is -0.0400. The van der Waals surface area contributed by atoms with Crippen LogP contribution in [0.1, 0.15) is 32.6 Å². The molecule has 0 amide bonds. The maximum atomic E-state index is 5.98. The molecule has 0 aromatic heterocycles. The maximum absolute atomic E-state index is 5.98. The number of nitrogens with two attached hydrogens (primary N) is 1. The van der Waals surface area contributed by atoms with Crippen LogP contribution in [0.15, 0.2) is 0 Å². The van der Waals surface area contributed by atoms with Crippen LogP contribution in [0.5, 0.6) is 0 Å². The van der Waals surface area contributed by atoms with E-state index >= 15 is 0 Å². The smallest absolute Gasteiger partial charge is 0.00985 e. The summed E-state index contributed by atoms with van der Waals surface area (Å²) < 4.78 is 0. The molecule has 0 heterocycles. The molecule has 2 rings (SSSR count). The Balaban J connectivity index is 2.00. The topological polar surface area (TPSA) is 26.0 Å². The van der Waals surface area contributed by atoms with Gasteiger partial charge in [0.2, 0.25) is 0 Å². The van der Waals surface area contributed by atoms with Crippen molar-refractivity contribution in [3.05, 3.63) is 0 Å². The second kappa shape index (κ2) is 2.23. The first-order valence-corrected chi connectivity index (χ1v) is 4.56. The van der Waals surface area contributed by atoms with Crippen LogP contribution in [0.4, 0.5) is 0 Å². The normalized spacial score (nSPS) is 53.4. The molecule has 2 N–H and O–H groups in total. The summed E-state index contributed by atoms with van der Waals surface area (Å²) in [5.74, 6) is 2.73. The van der Waals surface area contributed by atoms with Crippen molar-refractivity contribution >= 4 is 0 Å². The van der Waals surface area contributed by atoms with Gasteiger partial charge < -0.3 is 5.73 Å². The number of hydrogen-bond donors (Lipinski definition) is 1. The van der Waals surface area contributed by atoms with Gasteiger partial charge >= 0.3 is 0 Å². The Morgan fingerprint density at radius 1 is 1.10 bits per heavy atom. The van der Waals surface area contributed by atoms with Crippen molar-refractivity contribution in [1.29, 1.82) is 0 Å². The highest BCUT2D eigenvalue weighted by atomic mass is 14.8. The van der Waals surface area contributed by atoms with E-state index in [1.54, 1.807) is 0 Å². The van der Waals surface area contributed by atoms with E-state index in [2.05, 4.69) is 6.92 Å². The minimum Gasteiger partial charge on any atom is -0.327 e. The Bertz CT molecular complexity index is 117. The van der Waals surface area contributed by atoms with Crippen molar-refractivity contribution in [2.75, 3.05) is 0 Å². The molecule has 0 aliphatic heterocycles. The van der Waals surface area contributed by atoms with Crippen molar-refractivity contribution in [1.82, 2.24) is 0 Å². The number of fused-ring (bicyclic) bond motifs is 1.